The number of amides is 1. The molecule has 0 aliphatic carbocycles. The van der Waals surface area contributed by atoms with Gasteiger partial charge in [-0.25, -0.2) is 0 Å². The number of tetrazole rings is 1. The Kier molecular flexibility index (Phi) is 7.39. The smallest absolute Gasteiger partial charge is 0.260 e. The molecule has 4 aromatic rings. The van der Waals surface area contributed by atoms with Gasteiger partial charge in [0.1, 0.15) is 5.75 Å². The molecule has 0 unspecified atom stereocenters. The average Bonchev–Trinajstić information content (AvgIpc) is 3.42. The predicted octanol–water partition coefficient (Wildman–Crippen LogP) is 4.16. The molecule has 34 heavy (non-hydrogen) atoms. The van der Waals surface area contributed by atoms with Crippen molar-refractivity contribution in [2.24, 2.45) is 0 Å². The highest BCUT2D eigenvalue weighted by Gasteiger charge is 2.16. The maximum Gasteiger partial charge on any atom is 0.260 e. The fourth-order valence-corrected chi connectivity index (χ4v) is 3.72. The number of H-pyrrole nitrogens is 1. The van der Waals surface area contributed by atoms with Crippen LogP contribution in [0.5, 0.6) is 5.75 Å². The largest absolute Gasteiger partial charge is 0.483 e. The summed E-state index contributed by atoms with van der Waals surface area (Å²) in [4.78, 5) is 25.8. The molecule has 0 spiro atoms. The molecule has 4 rings (SSSR count). The minimum atomic E-state index is -0.130. The Bertz CT molecular complexity index is 1240. The monoisotopic (exact) mass is 455 g/mol. The van der Waals surface area contributed by atoms with E-state index in [0.29, 0.717) is 30.2 Å². The predicted molar refractivity (Wildman–Crippen MR) is 128 cm³/mol. The third kappa shape index (κ3) is 5.35. The number of carbonyl (C=O) groups excluding carboxylic acids is 2. The summed E-state index contributed by atoms with van der Waals surface area (Å²) in [6.07, 6.45) is 1.55. The maximum absolute atomic E-state index is 12.9. The van der Waals surface area contributed by atoms with Crippen LogP contribution in [0.4, 0.5) is 0 Å². The van der Waals surface area contributed by atoms with Gasteiger partial charge in [-0.15, -0.1) is 10.2 Å². The molecule has 0 fully saturated rings. The molecule has 1 heterocycles. The zero-order valence-corrected chi connectivity index (χ0v) is 18.8. The second kappa shape index (κ2) is 11.0. The van der Waals surface area contributed by atoms with E-state index in [0.717, 1.165) is 35.0 Å². The van der Waals surface area contributed by atoms with E-state index in [4.69, 9.17) is 4.74 Å². The molecular formula is C26H25N5O3. The van der Waals surface area contributed by atoms with Gasteiger partial charge in [0, 0.05) is 18.7 Å². The van der Waals surface area contributed by atoms with Crippen LogP contribution in [0.2, 0.25) is 0 Å². The van der Waals surface area contributed by atoms with Crippen molar-refractivity contribution in [2.75, 3.05) is 13.2 Å². The van der Waals surface area contributed by atoms with Gasteiger partial charge in [-0.1, -0.05) is 67.6 Å². The average molecular weight is 456 g/mol. The van der Waals surface area contributed by atoms with Crippen molar-refractivity contribution in [2.45, 2.75) is 19.9 Å². The summed E-state index contributed by atoms with van der Waals surface area (Å²) in [7, 11) is 0. The van der Waals surface area contributed by atoms with Crippen molar-refractivity contribution in [1.82, 2.24) is 25.5 Å². The van der Waals surface area contributed by atoms with E-state index >= 15 is 0 Å². The topological polar surface area (TPSA) is 101 Å². The van der Waals surface area contributed by atoms with Gasteiger partial charge in [0.25, 0.3) is 5.91 Å². The van der Waals surface area contributed by atoms with Crippen LogP contribution in [0, 0.1) is 0 Å². The lowest BCUT2D eigenvalue weighted by atomic mass is 9.98. The van der Waals surface area contributed by atoms with Crippen LogP contribution in [-0.2, 0) is 11.3 Å². The van der Waals surface area contributed by atoms with E-state index in [-0.39, 0.29) is 12.5 Å². The van der Waals surface area contributed by atoms with Gasteiger partial charge >= 0.3 is 0 Å². The Morgan fingerprint density at radius 3 is 2.44 bits per heavy atom. The number of nitrogens with zero attached hydrogens (tertiary/aromatic N) is 4. The third-order valence-electron chi connectivity index (χ3n) is 5.40. The van der Waals surface area contributed by atoms with E-state index in [1.54, 1.807) is 29.2 Å². The molecule has 0 radical (unpaired) electrons. The van der Waals surface area contributed by atoms with Gasteiger partial charge in [0.05, 0.1) is 5.56 Å². The SMILES string of the molecule is CCCN(Cc1ccc(-c2ccccc2-c2nn[nH]n2)cc1)C(=O)COc1ccccc1C=O. The van der Waals surface area contributed by atoms with Crippen LogP contribution in [0.1, 0.15) is 29.3 Å². The number of rotatable bonds is 10. The van der Waals surface area contributed by atoms with Gasteiger partial charge in [-0.05, 0) is 40.5 Å². The Hall–Kier alpha value is -4.33. The number of aromatic amines is 1. The number of ether oxygens (including phenoxy) is 1. The van der Waals surface area contributed by atoms with E-state index in [1.807, 2.05) is 55.5 Å². The van der Waals surface area contributed by atoms with E-state index in [9.17, 15) is 9.59 Å². The third-order valence-corrected chi connectivity index (χ3v) is 5.40. The molecule has 0 aliphatic rings. The zero-order valence-electron chi connectivity index (χ0n) is 18.8. The van der Waals surface area contributed by atoms with Crippen LogP contribution >= 0.6 is 0 Å². The van der Waals surface area contributed by atoms with Crippen LogP contribution in [0.25, 0.3) is 22.5 Å². The van der Waals surface area contributed by atoms with Crippen molar-refractivity contribution in [3.63, 3.8) is 0 Å². The summed E-state index contributed by atoms with van der Waals surface area (Å²) in [6, 6.07) is 22.8. The van der Waals surface area contributed by atoms with Crippen LogP contribution in [0.15, 0.2) is 72.8 Å². The molecule has 1 amide bonds. The van der Waals surface area contributed by atoms with Crippen LogP contribution < -0.4 is 4.74 Å². The lowest BCUT2D eigenvalue weighted by Gasteiger charge is -2.23. The molecule has 1 N–H and O–H groups in total. The first-order chi connectivity index (χ1) is 16.7. The van der Waals surface area contributed by atoms with Gasteiger partial charge in [-0.3, -0.25) is 9.59 Å². The van der Waals surface area contributed by atoms with Crippen LogP contribution in [0.3, 0.4) is 0 Å². The maximum atomic E-state index is 12.9. The summed E-state index contributed by atoms with van der Waals surface area (Å²) in [5.41, 5.74) is 4.34. The Morgan fingerprint density at radius 1 is 1.00 bits per heavy atom. The molecule has 0 atom stereocenters. The number of para-hydroxylation sites is 1. The fourth-order valence-electron chi connectivity index (χ4n) is 3.72. The zero-order chi connectivity index (χ0) is 23.8. The summed E-state index contributed by atoms with van der Waals surface area (Å²) in [5, 5.41) is 14.3. The Balaban J connectivity index is 1.46. The van der Waals surface area contributed by atoms with Crippen molar-refractivity contribution >= 4 is 12.2 Å². The highest BCUT2D eigenvalue weighted by Crippen LogP contribution is 2.29. The van der Waals surface area contributed by atoms with E-state index in [2.05, 4.69) is 20.6 Å². The first-order valence-corrected chi connectivity index (χ1v) is 11.1. The number of nitrogens with one attached hydrogen (secondary N) is 1. The minimum Gasteiger partial charge on any atom is -0.483 e. The quantitative estimate of drug-likeness (QED) is 0.360. The second-order valence-electron chi connectivity index (χ2n) is 7.74. The van der Waals surface area contributed by atoms with Gasteiger partial charge in [-0.2, -0.15) is 5.21 Å². The van der Waals surface area contributed by atoms with Gasteiger partial charge < -0.3 is 9.64 Å². The molecule has 0 aliphatic heterocycles. The Labute approximate surface area is 197 Å². The summed E-state index contributed by atoms with van der Waals surface area (Å²) in [6.45, 7) is 2.99. The molecule has 0 saturated heterocycles. The van der Waals surface area contributed by atoms with E-state index in [1.165, 1.54) is 0 Å². The minimum absolute atomic E-state index is 0.124. The molecule has 0 bridgehead atoms. The molecule has 3 aromatic carbocycles. The lowest BCUT2D eigenvalue weighted by molar-refractivity contribution is -0.134. The van der Waals surface area contributed by atoms with Gasteiger partial charge in [0.2, 0.25) is 5.82 Å². The number of aldehydes is 1. The van der Waals surface area contributed by atoms with Crippen molar-refractivity contribution in [3.05, 3.63) is 83.9 Å². The first-order valence-electron chi connectivity index (χ1n) is 11.1. The second-order valence-corrected chi connectivity index (χ2v) is 7.74. The summed E-state index contributed by atoms with van der Waals surface area (Å²) < 4.78 is 5.64. The highest BCUT2D eigenvalue weighted by atomic mass is 16.5. The van der Waals surface area contributed by atoms with Crippen molar-refractivity contribution < 1.29 is 14.3 Å². The number of benzene rings is 3. The lowest BCUT2D eigenvalue weighted by Crippen LogP contribution is -2.35. The van der Waals surface area contributed by atoms with Crippen LogP contribution in [-0.4, -0.2) is 50.9 Å². The molecule has 172 valence electrons. The number of hydrogen-bond acceptors (Lipinski definition) is 6. The number of hydrogen-bond donors (Lipinski definition) is 1. The molecule has 1 aromatic heterocycles. The number of carbonyl (C=O) groups is 2. The molecule has 8 nitrogen and oxygen atoms in total. The van der Waals surface area contributed by atoms with Gasteiger partial charge in [0.15, 0.2) is 12.9 Å². The first kappa shape index (κ1) is 22.8. The summed E-state index contributed by atoms with van der Waals surface area (Å²) in [5.74, 6) is 0.816. The highest BCUT2D eigenvalue weighted by molar-refractivity contribution is 5.81. The standard InChI is InChI=1S/C26H25N5O3/c1-2-15-31(25(33)18-34-24-10-6-3-7-21(24)17-32)16-19-11-13-20(14-12-19)22-8-4-5-9-23(22)26-27-29-30-28-26/h3-14,17H,2,15-16,18H2,1H3,(H,27,28,29,30). The molecule has 8 heteroatoms. The normalized spacial score (nSPS) is 10.6. The summed E-state index contributed by atoms with van der Waals surface area (Å²) >= 11 is 0. The number of aromatic nitrogens is 4. The molecular weight excluding hydrogens is 430 g/mol. The molecule has 0 saturated carbocycles. The van der Waals surface area contributed by atoms with Crippen molar-refractivity contribution in [3.8, 4) is 28.3 Å². The fraction of sp³-hybridized carbons (Fsp3) is 0.192. The Morgan fingerprint density at radius 2 is 1.74 bits per heavy atom. The van der Waals surface area contributed by atoms with E-state index < -0.39 is 0 Å². The van der Waals surface area contributed by atoms with Crippen molar-refractivity contribution in [1.29, 1.82) is 0 Å².